The first-order chi connectivity index (χ1) is 7.22. The summed E-state index contributed by atoms with van der Waals surface area (Å²) in [4.78, 5) is 14.8. The predicted molar refractivity (Wildman–Crippen MR) is 63.0 cm³/mol. The first-order valence-electron chi connectivity index (χ1n) is 4.52. The molecule has 0 fully saturated rings. The number of hydrogen-bond acceptors (Lipinski definition) is 4. The van der Waals surface area contributed by atoms with Crippen LogP contribution >= 0.6 is 11.8 Å². The van der Waals surface area contributed by atoms with Crippen LogP contribution in [0.25, 0.3) is 6.08 Å². The van der Waals surface area contributed by atoms with Gasteiger partial charge in [0.25, 0.3) is 0 Å². The minimum Gasteiger partial charge on any atom is -0.495 e. The van der Waals surface area contributed by atoms with Crippen molar-refractivity contribution in [2.75, 3.05) is 12.9 Å². The van der Waals surface area contributed by atoms with Crippen LogP contribution in [-0.2, 0) is 4.79 Å². The van der Waals surface area contributed by atoms with E-state index < -0.39 is 0 Å². The van der Waals surface area contributed by atoms with Gasteiger partial charge in [-0.1, -0.05) is 17.8 Å². The molecule has 80 valence electrons. The van der Waals surface area contributed by atoms with Crippen molar-refractivity contribution in [3.05, 3.63) is 30.1 Å². The molecule has 0 saturated carbocycles. The van der Waals surface area contributed by atoms with E-state index in [4.69, 9.17) is 4.74 Å². The van der Waals surface area contributed by atoms with Crippen LogP contribution in [0.1, 0.15) is 12.6 Å². The number of nitrogens with zero attached hydrogens (tertiary/aromatic N) is 1. The molecule has 1 heterocycles. The van der Waals surface area contributed by atoms with Crippen molar-refractivity contribution in [1.82, 2.24) is 4.98 Å². The number of ether oxygens (including phenoxy) is 1. The second kappa shape index (κ2) is 6.24. The Morgan fingerprint density at radius 1 is 1.60 bits per heavy atom. The second-order valence-electron chi connectivity index (χ2n) is 2.83. The lowest BCUT2D eigenvalue weighted by Crippen LogP contribution is -1.86. The number of aromatic nitrogens is 1. The van der Waals surface area contributed by atoms with E-state index in [2.05, 4.69) is 4.98 Å². The summed E-state index contributed by atoms with van der Waals surface area (Å²) in [7, 11) is 1.61. The molecule has 0 radical (unpaired) electrons. The van der Waals surface area contributed by atoms with Gasteiger partial charge >= 0.3 is 0 Å². The van der Waals surface area contributed by atoms with Gasteiger partial charge < -0.3 is 4.74 Å². The normalized spacial score (nSPS) is 10.5. The zero-order valence-electron chi connectivity index (χ0n) is 8.77. The van der Waals surface area contributed by atoms with E-state index in [0.29, 0.717) is 5.75 Å². The Morgan fingerprint density at radius 2 is 2.40 bits per heavy atom. The number of carbonyl (C=O) groups is 1. The van der Waals surface area contributed by atoms with Crippen LogP contribution in [0.15, 0.2) is 24.4 Å². The van der Waals surface area contributed by atoms with Crippen LogP contribution in [0, 0.1) is 0 Å². The van der Waals surface area contributed by atoms with E-state index in [9.17, 15) is 4.79 Å². The Kier molecular flexibility index (Phi) is 4.90. The summed E-state index contributed by atoms with van der Waals surface area (Å²) in [5, 5.41) is 0.127. The first-order valence-corrected chi connectivity index (χ1v) is 5.51. The summed E-state index contributed by atoms with van der Waals surface area (Å²) < 4.78 is 4.99. The fourth-order valence-electron chi connectivity index (χ4n) is 0.945. The zero-order chi connectivity index (χ0) is 11.1. The SMILES string of the molecule is COc1ccc(C=CCSC(C)=O)nc1. The molecule has 1 aromatic rings. The van der Waals surface area contributed by atoms with Gasteiger partial charge in [-0.05, 0) is 18.2 Å². The van der Waals surface area contributed by atoms with Gasteiger partial charge in [0.15, 0.2) is 5.12 Å². The number of pyridine rings is 1. The van der Waals surface area contributed by atoms with Crippen molar-refractivity contribution < 1.29 is 9.53 Å². The van der Waals surface area contributed by atoms with Gasteiger partial charge in [-0.2, -0.15) is 0 Å². The fourth-order valence-corrected chi connectivity index (χ4v) is 1.37. The molecule has 0 N–H and O–H groups in total. The molecule has 0 unspecified atom stereocenters. The lowest BCUT2D eigenvalue weighted by Gasteiger charge is -1.97. The lowest BCUT2D eigenvalue weighted by molar-refractivity contribution is -0.109. The summed E-state index contributed by atoms with van der Waals surface area (Å²) in [5.41, 5.74) is 0.861. The topological polar surface area (TPSA) is 39.2 Å². The third-order valence-electron chi connectivity index (χ3n) is 1.67. The van der Waals surface area contributed by atoms with E-state index in [-0.39, 0.29) is 5.12 Å². The van der Waals surface area contributed by atoms with E-state index in [0.717, 1.165) is 11.4 Å². The summed E-state index contributed by atoms with van der Waals surface area (Å²) in [6.07, 6.45) is 5.47. The molecule has 0 saturated heterocycles. The van der Waals surface area contributed by atoms with Crippen LogP contribution < -0.4 is 4.74 Å². The van der Waals surface area contributed by atoms with Gasteiger partial charge in [0.05, 0.1) is 19.0 Å². The average Bonchev–Trinajstić information content (AvgIpc) is 2.25. The number of carbonyl (C=O) groups excluding carboxylic acids is 1. The van der Waals surface area contributed by atoms with Crippen molar-refractivity contribution >= 4 is 23.0 Å². The van der Waals surface area contributed by atoms with E-state index in [1.807, 2.05) is 24.3 Å². The molecule has 0 spiro atoms. The standard InChI is InChI=1S/C11H13NO2S/c1-9(13)15-7-3-4-10-5-6-11(14-2)8-12-10/h3-6,8H,7H2,1-2H3. The highest BCUT2D eigenvalue weighted by Crippen LogP contribution is 2.09. The van der Waals surface area contributed by atoms with Crippen molar-refractivity contribution in [1.29, 1.82) is 0 Å². The fraction of sp³-hybridized carbons (Fsp3) is 0.273. The van der Waals surface area contributed by atoms with Gasteiger partial charge in [0.1, 0.15) is 5.75 Å². The average molecular weight is 223 g/mol. The monoisotopic (exact) mass is 223 g/mol. The molecule has 1 aromatic heterocycles. The largest absolute Gasteiger partial charge is 0.495 e. The molecular formula is C11H13NO2S. The Hall–Kier alpha value is -1.29. The molecule has 0 bridgehead atoms. The highest BCUT2D eigenvalue weighted by atomic mass is 32.2. The van der Waals surface area contributed by atoms with E-state index in [1.165, 1.54) is 11.8 Å². The Labute approximate surface area is 93.5 Å². The molecule has 0 aliphatic rings. The van der Waals surface area contributed by atoms with E-state index >= 15 is 0 Å². The highest BCUT2D eigenvalue weighted by Gasteiger charge is 1.92. The van der Waals surface area contributed by atoms with Gasteiger partial charge in [0, 0.05) is 12.7 Å². The van der Waals surface area contributed by atoms with Crippen LogP contribution in [0.4, 0.5) is 0 Å². The molecule has 4 heteroatoms. The van der Waals surface area contributed by atoms with Gasteiger partial charge in [0.2, 0.25) is 0 Å². The summed E-state index contributed by atoms with van der Waals surface area (Å²) in [6.45, 7) is 1.56. The van der Waals surface area contributed by atoms with Crippen molar-refractivity contribution in [3.63, 3.8) is 0 Å². The molecule has 0 aliphatic carbocycles. The molecule has 0 amide bonds. The minimum absolute atomic E-state index is 0.127. The Morgan fingerprint density at radius 3 is 2.93 bits per heavy atom. The predicted octanol–water partition coefficient (Wildman–Crippen LogP) is 2.38. The molecule has 0 aliphatic heterocycles. The first kappa shape index (κ1) is 11.8. The second-order valence-corrected chi connectivity index (χ2v) is 4.02. The van der Waals surface area contributed by atoms with Gasteiger partial charge in [-0.15, -0.1) is 0 Å². The molecule has 15 heavy (non-hydrogen) atoms. The third kappa shape index (κ3) is 4.65. The number of methoxy groups -OCH3 is 1. The quantitative estimate of drug-likeness (QED) is 0.785. The van der Waals surface area contributed by atoms with Crippen LogP contribution in [0.5, 0.6) is 5.75 Å². The van der Waals surface area contributed by atoms with Crippen molar-refractivity contribution in [2.45, 2.75) is 6.92 Å². The highest BCUT2D eigenvalue weighted by molar-refractivity contribution is 8.13. The molecule has 1 rings (SSSR count). The maximum absolute atomic E-state index is 10.6. The summed E-state index contributed by atoms with van der Waals surface area (Å²) >= 11 is 1.28. The number of hydrogen-bond donors (Lipinski definition) is 0. The van der Waals surface area contributed by atoms with E-state index in [1.54, 1.807) is 20.2 Å². The number of thioether (sulfide) groups is 1. The third-order valence-corrected chi connectivity index (χ3v) is 2.43. The van der Waals surface area contributed by atoms with Gasteiger partial charge in [-0.3, -0.25) is 9.78 Å². The summed E-state index contributed by atoms with van der Waals surface area (Å²) in [6, 6.07) is 3.72. The van der Waals surface area contributed by atoms with Gasteiger partial charge in [-0.25, -0.2) is 0 Å². The molecule has 3 nitrogen and oxygen atoms in total. The zero-order valence-corrected chi connectivity index (χ0v) is 9.58. The Bertz CT molecular complexity index is 346. The van der Waals surface area contributed by atoms with Crippen LogP contribution in [-0.4, -0.2) is 23.0 Å². The van der Waals surface area contributed by atoms with Crippen LogP contribution in [0.2, 0.25) is 0 Å². The minimum atomic E-state index is 0.127. The van der Waals surface area contributed by atoms with Crippen molar-refractivity contribution in [3.8, 4) is 5.75 Å². The molecular weight excluding hydrogens is 210 g/mol. The maximum Gasteiger partial charge on any atom is 0.186 e. The van der Waals surface area contributed by atoms with Crippen molar-refractivity contribution in [2.24, 2.45) is 0 Å². The van der Waals surface area contributed by atoms with Crippen LogP contribution in [0.3, 0.4) is 0 Å². The molecule has 0 aromatic carbocycles. The smallest absolute Gasteiger partial charge is 0.186 e. The lowest BCUT2D eigenvalue weighted by atomic mass is 10.3. The number of rotatable bonds is 4. The summed E-state index contributed by atoms with van der Waals surface area (Å²) in [5.74, 6) is 1.42. The molecule has 0 atom stereocenters. The Balaban J connectivity index is 2.46. The maximum atomic E-state index is 10.6.